The highest BCUT2D eigenvalue weighted by molar-refractivity contribution is 7.88. The fourth-order valence-corrected chi connectivity index (χ4v) is 3.20. The fourth-order valence-electron chi connectivity index (χ4n) is 2.46. The van der Waals surface area contributed by atoms with Crippen LogP contribution >= 0.6 is 0 Å². The molecule has 140 valence electrons. The van der Waals surface area contributed by atoms with Crippen molar-refractivity contribution in [3.05, 3.63) is 65.2 Å². The molecule has 6 nitrogen and oxygen atoms in total. The Hall–Kier alpha value is -2.38. The molecule has 0 aromatic heterocycles. The second-order valence-corrected chi connectivity index (χ2v) is 8.13. The lowest BCUT2D eigenvalue weighted by molar-refractivity contribution is -0.121. The number of hydrogen-bond acceptors (Lipinski definition) is 4. The molecule has 0 radical (unpaired) electrons. The number of hydrogen-bond donors (Lipinski definition) is 1. The topological polar surface area (TPSA) is 75.7 Å². The third-order valence-electron chi connectivity index (χ3n) is 3.88. The smallest absolute Gasteiger partial charge is 0.235 e. The van der Waals surface area contributed by atoms with Crippen molar-refractivity contribution < 1.29 is 17.9 Å². The first kappa shape index (κ1) is 19.9. The summed E-state index contributed by atoms with van der Waals surface area (Å²) in [7, 11) is -1.96. The second kappa shape index (κ2) is 8.82. The summed E-state index contributed by atoms with van der Waals surface area (Å²) in [5.41, 5.74) is 2.86. The van der Waals surface area contributed by atoms with Crippen molar-refractivity contribution in [2.24, 2.45) is 0 Å². The molecule has 0 saturated heterocycles. The van der Waals surface area contributed by atoms with Crippen molar-refractivity contribution in [3.8, 4) is 5.75 Å². The number of rotatable bonds is 8. The Morgan fingerprint density at radius 1 is 1.12 bits per heavy atom. The Balaban J connectivity index is 1.99. The van der Waals surface area contributed by atoms with E-state index in [1.807, 2.05) is 31.2 Å². The van der Waals surface area contributed by atoms with Gasteiger partial charge in [-0.05, 0) is 30.2 Å². The van der Waals surface area contributed by atoms with Gasteiger partial charge in [0, 0.05) is 13.1 Å². The van der Waals surface area contributed by atoms with Crippen LogP contribution in [0.1, 0.15) is 16.7 Å². The monoisotopic (exact) mass is 376 g/mol. The number of carbonyl (C=O) groups excluding carboxylic acids is 1. The third-order valence-corrected chi connectivity index (χ3v) is 5.08. The zero-order valence-corrected chi connectivity index (χ0v) is 16.0. The van der Waals surface area contributed by atoms with E-state index in [1.165, 1.54) is 0 Å². The predicted octanol–water partition coefficient (Wildman–Crippen LogP) is 2.08. The van der Waals surface area contributed by atoms with E-state index in [4.69, 9.17) is 4.74 Å². The van der Waals surface area contributed by atoms with Gasteiger partial charge < -0.3 is 10.1 Å². The van der Waals surface area contributed by atoms with Crippen LogP contribution in [0, 0.1) is 6.92 Å². The van der Waals surface area contributed by atoms with E-state index in [0.29, 0.717) is 12.3 Å². The lowest BCUT2D eigenvalue weighted by Crippen LogP contribution is -2.39. The molecule has 0 saturated carbocycles. The Bertz CT molecular complexity index is 848. The molecule has 2 aromatic rings. The maximum Gasteiger partial charge on any atom is 0.235 e. The van der Waals surface area contributed by atoms with Gasteiger partial charge in [-0.15, -0.1) is 0 Å². The van der Waals surface area contributed by atoms with Gasteiger partial charge >= 0.3 is 0 Å². The highest BCUT2D eigenvalue weighted by Gasteiger charge is 2.20. The summed E-state index contributed by atoms with van der Waals surface area (Å²) in [4.78, 5) is 12.2. The number of nitrogens with one attached hydrogen (secondary N) is 1. The van der Waals surface area contributed by atoms with Crippen molar-refractivity contribution in [1.29, 1.82) is 0 Å². The summed E-state index contributed by atoms with van der Waals surface area (Å²) in [6, 6.07) is 14.9. The molecule has 1 N–H and O–H groups in total. The summed E-state index contributed by atoms with van der Waals surface area (Å²) in [6.45, 7) is 2.24. The van der Waals surface area contributed by atoms with Crippen molar-refractivity contribution in [2.45, 2.75) is 20.0 Å². The van der Waals surface area contributed by atoms with Gasteiger partial charge in [-0.2, -0.15) is 4.31 Å². The molecule has 0 aliphatic rings. The normalized spacial score (nSPS) is 11.4. The maximum atomic E-state index is 12.2. The van der Waals surface area contributed by atoms with Crippen LogP contribution in [-0.4, -0.2) is 38.5 Å². The van der Waals surface area contributed by atoms with Gasteiger partial charge in [0.2, 0.25) is 15.9 Å². The molecular weight excluding hydrogens is 352 g/mol. The van der Waals surface area contributed by atoms with Gasteiger partial charge in [0.05, 0.1) is 19.9 Å². The number of benzene rings is 2. The second-order valence-electron chi connectivity index (χ2n) is 6.14. The van der Waals surface area contributed by atoms with Gasteiger partial charge in [0.15, 0.2) is 0 Å². The van der Waals surface area contributed by atoms with E-state index in [0.717, 1.165) is 27.3 Å². The predicted molar refractivity (Wildman–Crippen MR) is 101 cm³/mol. The Morgan fingerprint density at radius 3 is 2.38 bits per heavy atom. The van der Waals surface area contributed by atoms with E-state index in [2.05, 4.69) is 5.32 Å². The van der Waals surface area contributed by atoms with Crippen LogP contribution in [0.5, 0.6) is 5.75 Å². The summed E-state index contributed by atoms with van der Waals surface area (Å²) in [5.74, 6) is 0.348. The van der Waals surface area contributed by atoms with Crippen LogP contribution in [-0.2, 0) is 27.9 Å². The lowest BCUT2D eigenvalue weighted by atomic mass is 10.1. The first-order chi connectivity index (χ1) is 12.3. The SMILES string of the molecule is COc1ccc(CN(CC(=O)NCc2cccc(C)c2)S(C)(=O)=O)cc1. The zero-order chi connectivity index (χ0) is 19.2. The minimum absolute atomic E-state index is 0.126. The number of methoxy groups -OCH3 is 1. The summed E-state index contributed by atoms with van der Waals surface area (Å²) in [5, 5.41) is 2.77. The van der Waals surface area contributed by atoms with Crippen LogP contribution in [0.2, 0.25) is 0 Å². The van der Waals surface area contributed by atoms with Gasteiger partial charge in [-0.3, -0.25) is 4.79 Å². The number of aryl methyl sites for hydroxylation is 1. The Morgan fingerprint density at radius 2 is 1.81 bits per heavy atom. The zero-order valence-electron chi connectivity index (χ0n) is 15.2. The van der Waals surface area contributed by atoms with Crippen molar-refractivity contribution >= 4 is 15.9 Å². The van der Waals surface area contributed by atoms with Crippen LogP contribution in [0.15, 0.2) is 48.5 Å². The van der Waals surface area contributed by atoms with Crippen molar-refractivity contribution in [2.75, 3.05) is 19.9 Å². The number of amides is 1. The largest absolute Gasteiger partial charge is 0.497 e. The third kappa shape index (κ3) is 6.16. The van der Waals surface area contributed by atoms with Crippen LogP contribution in [0.25, 0.3) is 0 Å². The van der Waals surface area contributed by atoms with Crippen LogP contribution in [0.3, 0.4) is 0 Å². The Labute approximate surface area is 154 Å². The van der Waals surface area contributed by atoms with Gasteiger partial charge in [-0.1, -0.05) is 42.0 Å². The molecule has 0 aliphatic carbocycles. The molecule has 1 amide bonds. The van der Waals surface area contributed by atoms with Crippen molar-refractivity contribution in [1.82, 2.24) is 9.62 Å². The van der Waals surface area contributed by atoms with Gasteiger partial charge in [-0.25, -0.2) is 8.42 Å². The van der Waals surface area contributed by atoms with Crippen molar-refractivity contribution in [3.63, 3.8) is 0 Å². The Kier molecular flexibility index (Phi) is 6.76. The summed E-state index contributed by atoms with van der Waals surface area (Å²) in [6.07, 6.45) is 1.10. The molecule has 7 heteroatoms. The van der Waals surface area contributed by atoms with E-state index in [-0.39, 0.29) is 19.0 Å². The molecule has 26 heavy (non-hydrogen) atoms. The number of nitrogens with zero attached hydrogens (tertiary/aromatic N) is 1. The number of ether oxygens (including phenoxy) is 1. The summed E-state index contributed by atoms with van der Waals surface area (Å²) < 4.78 is 30.3. The average molecular weight is 376 g/mol. The summed E-state index contributed by atoms with van der Waals surface area (Å²) >= 11 is 0. The van der Waals surface area contributed by atoms with Crippen LogP contribution in [0.4, 0.5) is 0 Å². The molecule has 0 bridgehead atoms. The molecule has 0 aliphatic heterocycles. The number of sulfonamides is 1. The average Bonchev–Trinajstić information content (AvgIpc) is 2.59. The highest BCUT2D eigenvalue weighted by atomic mass is 32.2. The van der Waals surface area contributed by atoms with E-state index < -0.39 is 10.0 Å². The molecular formula is C19H24N2O4S. The first-order valence-electron chi connectivity index (χ1n) is 8.18. The lowest BCUT2D eigenvalue weighted by Gasteiger charge is -2.20. The fraction of sp³-hybridized carbons (Fsp3) is 0.316. The number of carbonyl (C=O) groups is 1. The minimum Gasteiger partial charge on any atom is -0.497 e. The van der Waals surface area contributed by atoms with Gasteiger partial charge in [0.25, 0.3) is 0 Å². The maximum absolute atomic E-state index is 12.2. The quantitative estimate of drug-likeness (QED) is 0.765. The minimum atomic E-state index is -3.52. The van der Waals surface area contributed by atoms with E-state index in [9.17, 15) is 13.2 Å². The molecule has 0 atom stereocenters. The van der Waals surface area contributed by atoms with Crippen LogP contribution < -0.4 is 10.1 Å². The molecule has 0 spiro atoms. The first-order valence-corrected chi connectivity index (χ1v) is 10.0. The molecule has 2 aromatic carbocycles. The van der Waals surface area contributed by atoms with E-state index >= 15 is 0 Å². The molecule has 2 rings (SSSR count). The standard InChI is InChI=1S/C19H24N2O4S/c1-15-5-4-6-17(11-15)12-20-19(22)14-21(26(3,23)24)13-16-7-9-18(25-2)10-8-16/h4-11H,12-14H2,1-3H3,(H,20,22). The highest BCUT2D eigenvalue weighted by Crippen LogP contribution is 2.14. The van der Waals surface area contributed by atoms with E-state index in [1.54, 1.807) is 31.4 Å². The molecule has 0 fully saturated rings. The van der Waals surface area contributed by atoms with Gasteiger partial charge in [0.1, 0.15) is 5.75 Å². The molecule has 0 unspecified atom stereocenters. The molecule has 0 heterocycles.